The average molecular weight is 440 g/mol. The first-order chi connectivity index (χ1) is 15.3. The highest BCUT2D eigenvalue weighted by Crippen LogP contribution is 2.29. The van der Waals surface area contributed by atoms with Crippen molar-refractivity contribution in [2.75, 3.05) is 11.9 Å². The monoisotopic (exact) mass is 440 g/mol. The Morgan fingerprint density at radius 3 is 2.53 bits per heavy atom. The maximum Gasteiger partial charge on any atom is 0.416 e. The second-order valence-corrected chi connectivity index (χ2v) is 7.01. The SMILES string of the molecule is N#Cc1cc(Nc2ccc3c(F)c[nH]c3c2)cc(OCCc2ccc(C(F)(F)F)cc2)n1. The Morgan fingerprint density at radius 1 is 1.03 bits per heavy atom. The van der Waals surface area contributed by atoms with Gasteiger partial charge in [0.2, 0.25) is 5.88 Å². The Balaban J connectivity index is 1.44. The molecule has 0 aliphatic rings. The van der Waals surface area contributed by atoms with Crippen molar-refractivity contribution in [3.05, 3.63) is 83.4 Å². The molecule has 0 atom stereocenters. The van der Waals surface area contributed by atoms with Crippen LogP contribution in [0.2, 0.25) is 0 Å². The molecular formula is C23H16F4N4O. The van der Waals surface area contributed by atoms with Crippen LogP contribution in [0.3, 0.4) is 0 Å². The molecule has 2 aromatic heterocycles. The second-order valence-electron chi connectivity index (χ2n) is 7.01. The van der Waals surface area contributed by atoms with E-state index in [0.717, 1.165) is 12.1 Å². The zero-order valence-corrected chi connectivity index (χ0v) is 16.5. The molecule has 2 heterocycles. The number of nitrogens with zero attached hydrogens (tertiary/aromatic N) is 2. The van der Waals surface area contributed by atoms with Gasteiger partial charge >= 0.3 is 6.18 Å². The fourth-order valence-corrected chi connectivity index (χ4v) is 3.18. The van der Waals surface area contributed by atoms with Crippen LogP contribution in [-0.4, -0.2) is 16.6 Å². The molecule has 0 saturated carbocycles. The molecule has 0 fully saturated rings. The summed E-state index contributed by atoms with van der Waals surface area (Å²) < 4.78 is 57.2. The summed E-state index contributed by atoms with van der Waals surface area (Å²) in [6.45, 7) is 0.167. The third kappa shape index (κ3) is 4.81. The van der Waals surface area contributed by atoms with E-state index in [1.54, 1.807) is 30.3 Å². The number of H-pyrrole nitrogens is 1. The Bertz CT molecular complexity index is 1290. The minimum atomic E-state index is -4.38. The van der Waals surface area contributed by atoms with Crippen LogP contribution in [0.25, 0.3) is 10.9 Å². The smallest absolute Gasteiger partial charge is 0.416 e. The maximum absolute atomic E-state index is 13.6. The van der Waals surface area contributed by atoms with Crippen LogP contribution in [0.4, 0.5) is 28.9 Å². The summed E-state index contributed by atoms with van der Waals surface area (Å²) in [4.78, 5) is 6.93. The number of aromatic nitrogens is 2. The fourth-order valence-electron chi connectivity index (χ4n) is 3.18. The van der Waals surface area contributed by atoms with Gasteiger partial charge in [-0.1, -0.05) is 12.1 Å². The molecular weight excluding hydrogens is 424 g/mol. The van der Waals surface area contributed by atoms with Gasteiger partial charge in [-0.05, 0) is 42.0 Å². The van der Waals surface area contributed by atoms with Gasteiger partial charge in [-0.3, -0.25) is 0 Å². The molecule has 0 unspecified atom stereocenters. The first-order valence-corrected chi connectivity index (χ1v) is 9.56. The summed E-state index contributed by atoms with van der Waals surface area (Å²) in [5.41, 5.74) is 1.94. The van der Waals surface area contributed by atoms with Crippen molar-refractivity contribution < 1.29 is 22.3 Å². The third-order valence-corrected chi connectivity index (χ3v) is 4.76. The highest BCUT2D eigenvalue weighted by molar-refractivity contribution is 5.84. The van der Waals surface area contributed by atoms with E-state index >= 15 is 0 Å². The number of halogens is 4. The van der Waals surface area contributed by atoms with E-state index in [2.05, 4.69) is 15.3 Å². The fraction of sp³-hybridized carbons (Fsp3) is 0.130. The van der Waals surface area contributed by atoms with Crippen LogP contribution < -0.4 is 10.1 Å². The van der Waals surface area contributed by atoms with Crippen molar-refractivity contribution in [1.82, 2.24) is 9.97 Å². The van der Waals surface area contributed by atoms with Gasteiger partial charge in [0, 0.05) is 35.4 Å². The number of benzene rings is 2. The Labute approximate surface area is 180 Å². The first kappa shape index (κ1) is 21.2. The molecule has 0 aliphatic heterocycles. The minimum Gasteiger partial charge on any atom is -0.477 e. The standard InChI is InChI=1S/C23H16F4N4O/c24-20-13-29-21-10-16(5-6-19(20)21)30-17-9-18(12-28)31-22(11-17)32-8-7-14-1-3-15(4-2-14)23(25,26)27/h1-6,9-11,13,29H,7-8H2,(H,30,31). The number of rotatable bonds is 6. The molecule has 2 aromatic carbocycles. The summed E-state index contributed by atoms with van der Waals surface area (Å²) in [6, 6.07) is 15.0. The highest BCUT2D eigenvalue weighted by Gasteiger charge is 2.29. The van der Waals surface area contributed by atoms with Crippen molar-refractivity contribution in [3.8, 4) is 11.9 Å². The topological polar surface area (TPSA) is 73.7 Å². The van der Waals surface area contributed by atoms with E-state index < -0.39 is 11.7 Å². The number of ether oxygens (including phenoxy) is 1. The molecule has 0 saturated heterocycles. The van der Waals surface area contributed by atoms with E-state index in [4.69, 9.17) is 4.74 Å². The number of nitriles is 1. The van der Waals surface area contributed by atoms with Gasteiger partial charge in [0.25, 0.3) is 0 Å². The van der Waals surface area contributed by atoms with Gasteiger partial charge in [0.1, 0.15) is 17.6 Å². The highest BCUT2D eigenvalue weighted by atomic mass is 19.4. The number of fused-ring (bicyclic) bond motifs is 1. The molecule has 32 heavy (non-hydrogen) atoms. The Hall–Kier alpha value is -4.06. The van der Waals surface area contributed by atoms with Gasteiger partial charge < -0.3 is 15.0 Å². The largest absolute Gasteiger partial charge is 0.477 e. The molecule has 4 rings (SSSR count). The summed E-state index contributed by atoms with van der Waals surface area (Å²) in [6.07, 6.45) is -2.73. The number of hydrogen-bond acceptors (Lipinski definition) is 4. The summed E-state index contributed by atoms with van der Waals surface area (Å²) >= 11 is 0. The minimum absolute atomic E-state index is 0.131. The lowest BCUT2D eigenvalue weighted by Gasteiger charge is -2.11. The van der Waals surface area contributed by atoms with Crippen molar-refractivity contribution >= 4 is 22.3 Å². The van der Waals surface area contributed by atoms with Gasteiger partial charge in [-0.25, -0.2) is 9.37 Å². The number of alkyl halides is 3. The van der Waals surface area contributed by atoms with Gasteiger partial charge in [0.05, 0.1) is 17.7 Å². The zero-order valence-electron chi connectivity index (χ0n) is 16.5. The maximum atomic E-state index is 13.6. The molecule has 0 radical (unpaired) electrons. The zero-order chi connectivity index (χ0) is 22.7. The molecule has 0 amide bonds. The van der Waals surface area contributed by atoms with E-state index in [0.29, 0.717) is 34.3 Å². The lowest BCUT2D eigenvalue weighted by Crippen LogP contribution is -2.06. The normalized spacial score (nSPS) is 11.3. The van der Waals surface area contributed by atoms with Crippen LogP contribution in [0.5, 0.6) is 5.88 Å². The number of aromatic amines is 1. The van der Waals surface area contributed by atoms with Crippen molar-refractivity contribution in [2.45, 2.75) is 12.6 Å². The van der Waals surface area contributed by atoms with E-state index in [-0.39, 0.29) is 24.0 Å². The predicted molar refractivity (Wildman–Crippen MR) is 111 cm³/mol. The molecule has 4 aromatic rings. The molecule has 9 heteroatoms. The lowest BCUT2D eigenvalue weighted by atomic mass is 10.1. The van der Waals surface area contributed by atoms with Gasteiger partial charge in [-0.2, -0.15) is 18.4 Å². The van der Waals surface area contributed by atoms with Crippen LogP contribution in [0, 0.1) is 17.1 Å². The van der Waals surface area contributed by atoms with Crippen LogP contribution in [-0.2, 0) is 12.6 Å². The Kier molecular flexibility index (Phi) is 5.69. The molecule has 5 nitrogen and oxygen atoms in total. The third-order valence-electron chi connectivity index (χ3n) is 4.76. The summed E-state index contributed by atoms with van der Waals surface area (Å²) in [7, 11) is 0. The Morgan fingerprint density at radius 2 is 1.81 bits per heavy atom. The average Bonchev–Trinajstić information content (AvgIpc) is 3.13. The predicted octanol–water partition coefficient (Wildman–Crippen LogP) is 5.96. The number of pyridine rings is 1. The van der Waals surface area contributed by atoms with Gasteiger partial charge in [-0.15, -0.1) is 0 Å². The van der Waals surface area contributed by atoms with E-state index in [9.17, 15) is 22.8 Å². The van der Waals surface area contributed by atoms with Crippen LogP contribution in [0.1, 0.15) is 16.8 Å². The number of nitrogens with one attached hydrogen (secondary N) is 2. The summed E-state index contributed by atoms with van der Waals surface area (Å²) in [5.74, 6) is -0.142. The molecule has 162 valence electrons. The van der Waals surface area contributed by atoms with Gasteiger partial charge in [0.15, 0.2) is 0 Å². The van der Waals surface area contributed by atoms with Crippen LogP contribution in [0.15, 0.2) is 60.8 Å². The van der Waals surface area contributed by atoms with Crippen molar-refractivity contribution in [1.29, 1.82) is 5.26 Å². The molecule has 0 aliphatic carbocycles. The quantitative estimate of drug-likeness (QED) is 0.363. The number of hydrogen-bond donors (Lipinski definition) is 2. The van der Waals surface area contributed by atoms with E-state index in [1.807, 2.05) is 6.07 Å². The molecule has 0 spiro atoms. The van der Waals surface area contributed by atoms with E-state index in [1.165, 1.54) is 18.3 Å². The van der Waals surface area contributed by atoms with Crippen LogP contribution >= 0.6 is 0 Å². The molecule has 0 bridgehead atoms. The summed E-state index contributed by atoms with van der Waals surface area (Å²) in [5, 5.41) is 12.9. The number of anilines is 2. The lowest BCUT2D eigenvalue weighted by molar-refractivity contribution is -0.137. The first-order valence-electron chi connectivity index (χ1n) is 9.56. The van der Waals surface area contributed by atoms with Crippen molar-refractivity contribution in [3.63, 3.8) is 0 Å². The van der Waals surface area contributed by atoms with Crippen molar-refractivity contribution in [2.24, 2.45) is 0 Å². The second kappa shape index (κ2) is 8.59. The molecule has 2 N–H and O–H groups in total.